The first-order valence-corrected chi connectivity index (χ1v) is 6.71. The smallest absolute Gasteiger partial charge is 0.0900 e. The number of aryl methyl sites for hydroxylation is 2. The summed E-state index contributed by atoms with van der Waals surface area (Å²) in [7, 11) is 0. The van der Waals surface area contributed by atoms with Crippen LogP contribution in [0.2, 0.25) is 0 Å². The molecule has 0 radical (unpaired) electrons. The molecule has 4 heteroatoms. The molecule has 1 aromatic rings. The van der Waals surface area contributed by atoms with Crippen LogP contribution in [0.4, 0.5) is 0 Å². The molecule has 1 atom stereocenters. The second-order valence-electron chi connectivity index (χ2n) is 3.91. The van der Waals surface area contributed by atoms with E-state index in [-0.39, 0.29) is 0 Å². The summed E-state index contributed by atoms with van der Waals surface area (Å²) < 4.78 is 5.30. The lowest BCUT2D eigenvalue weighted by Gasteiger charge is -2.12. The third-order valence-corrected chi connectivity index (χ3v) is 3.71. The Bertz CT molecular complexity index is 312. The highest BCUT2D eigenvalue weighted by molar-refractivity contribution is 7.11. The summed E-state index contributed by atoms with van der Waals surface area (Å²) in [6, 6.07) is 0.396. The van der Waals surface area contributed by atoms with Gasteiger partial charge < -0.3 is 10.1 Å². The molecule has 1 heterocycles. The minimum Gasteiger partial charge on any atom is -0.382 e. The second kappa shape index (κ2) is 6.99. The first-order valence-electron chi connectivity index (χ1n) is 5.90. The zero-order chi connectivity index (χ0) is 12.0. The predicted molar refractivity (Wildman–Crippen MR) is 69.1 cm³/mol. The summed E-state index contributed by atoms with van der Waals surface area (Å²) in [5, 5.41) is 4.65. The fraction of sp³-hybridized carbons (Fsp3) is 0.750. The molecule has 0 aliphatic rings. The number of nitrogens with zero attached hydrogens (tertiary/aromatic N) is 1. The van der Waals surface area contributed by atoms with Crippen molar-refractivity contribution < 1.29 is 4.74 Å². The van der Waals surface area contributed by atoms with Crippen LogP contribution in [0.15, 0.2) is 0 Å². The lowest BCUT2D eigenvalue weighted by molar-refractivity contribution is 0.144. The Morgan fingerprint density at radius 3 is 2.75 bits per heavy atom. The number of hydrogen-bond donors (Lipinski definition) is 1. The molecule has 0 bridgehead atoms. The Morgan fingerprint density at radius 1 is 1.44 bits per heavy atom. The van der Waals surface area contributed by atoms with Gasteiger partial charge >= 0.3 is 0 Å². The van der Waals surface area contributed by atoms with Crippen molar-refractivity contribution in [2.45, 2.75) is 40.2 Å². The molecule has 16 heavy (non-hydrogen) atoms. The third kappa shape index (κ3) is 4.20. The summed E-state index contributed by atoms with van der Waals surface area (Å²) in [6.45, 7) is 11.0. The van der Waals surface area contributed by atoms with Crippen LogP contribution < -0.4 is 5.32 Å². The van der Waals surface area contributed by atoms with E-state index in [1.165, 1.54) is 4.88 Å². The lowest BCUT2D eigenvalue weighted by atomic mass is 10.2. The van der Waals surface area contributed by atoms with E-state index in [2.05, 4.69) is 31.1 Å². The van der Waals surface area contributed by atoms with Crippen molar-refractivity contribution in [1.29, 1.82) is 0 Å². The second-order valence-corrected chi connectivity index (χ2v) is 5.14. The van der Waals surface area contributed by atoms with Gasteiger partial charge in [-0.05, 0) is 40.7 Å². The number of thiazole rings is 1. The van der Waals surface area contributed by atoms with Gasteiger partial charge in [-0.25, -0.2) is 4.98 Å². The highest BCUT2D eigenvalue weighted by Crippen LogP contribution is 2.24. The van der Waals surface area contributed by atoms with Crippen molar-refractivity contribution in [3.05, 3.63) is 15.6 Å². The van der Waals surface area contributed by atoms with Crippen LogP contribution in [0.25, 0.3) is 0 Å². The van der Waals surface area contributed by atoms with Crippen molar-refractivity contribution in [1.82, 2.24) is 10.3 Å². The maximum Gasteiger partial charge on any atom is 0.0900 e. The molecule has 1 rings (SSSR count). The van der Waals surface area contributed by atoms with E-state index in [4.69, 9.17) is 4.74 Å². The molecule has 0 fully saturated rings. The molecule has 0 amide bonds. The molecular formula is C12H22N2OS. The summed E-state index contributed by atoms with van der Waals surface area (Å²) in [4.78, 5) is 5.80. The monoisotopic (exact) mass is 242 g/mol. The van der Waals surface area contributed by atoms with Crippen LogP contribution in [0.5, 0.6) is 0 Å². The summed E-state index contributed by atoms with van der Waals surface area (Å²) in [5.74, 6) is 0. The number of rotatable bonds is 7. The van der Waals surface area contributed by atoms with Gasteiger partial charge in [0.25, 0.3) is 0 Å². The Kier molecular flexibility index (Phi) is 5.95. The molecule has 3 nitrogen and oxygen atoms in total. The van der Waals surface area contributed by atoms with Crippen molar-refractivity contribution >= 4 is 11.3 Å². The molecule has 1 unspecified atom stereocenters. The van der Waals surface area contributed by atoms with E-state index >= 15 is 0 Å². The average Bonchev–Trinajstić information content (AvgIpc) is 2.57. The third-order valence-electron chi connectivity index (χ3n) is 2.45. The number of ether oxygens (including phenoxy) is 1. The van der Waals surface area contributed by atoms with Gasteiger partial charge in [0.2, 0.25) is 0 Å². The van der Waals surface area contributed by atoms with E-state index in [1.807, 2.05) is 6.92 Å². The van der Waals surface area contributed by atoms with Gasteiger partial charge in [0.05, 0.1) is 10.7 Å². The van der Waals surface area contributed by atoms with Crippen LogP contribution >= 0.6 is 11.3 Å². The number of hydrogen-bond acceptors (Lipinski definition) is 4. The average molecular weight is 242 g/mol. The van der Waals surface area contributed by atoms with E-state index in [0.717, 1.165) is 36.9 Å². The molecule has 0 aliphatic heterocycles. The highest BCUT2D eigenvalue weighted by Gasteiger charge is 2.11. The van der Waals surface area contributed by atoms with Gasteiger partial charge in [-0.15, -0.1) is 11.3 Å². The fourth-order valence-electron chi connectivity index (χ4n) is 1.68. The van der Waals surface area contributed by atoms with Crippen LogP contribution in [-0.4, -0.2) is 24.7 Å². The molecule has 0 saturated carbocycles. The minimum absolute atomic E-state index is 0.396. The van der Waals surface area contributed by atoms with Gasteiger partial charge in [0.15, 0.2) is 0 Å². The van der Waals surface area contributed by atoms with E-state index in [0.29, 0.717) is 6.04 Å². The predicted octanol–water partition coefficient (Wildman–Crippen LogP) is 2.84. The van der Waals surface area contributed by atoms with Gasteiger partial charge in [-0.3, -0.25) is 0 Å². The lowest BCUT2D eigenvalue weighted by Crippen LogP contribution is -2.20. The normalized spacial score (nSPS) is 13.0. The Labute approximate surface area is 102 Å². The van der Waals surface area contributed by atoms with Crippen LogP contribution in [0.3, 0.4) is 0 Å². The Morgan fingerprint density at radius 2 is 2.19 bits per heavy atom. The maximum absolute atomic E-state index is 5.30. The molecule has 0 aliphatic carbocycles. The largest absolute Gasteiger partial charge is 0.382 e. The van der Waals surface area contributed by atoms with Gasteiger partial charge in [-0.2, -0.15) is 0 Å². The quantitative estimate of drug-likeness (QED) is 0.747. The summed E-state index contributed by atoms with van der Waals surface area (Å²) in [5.41, 5.74) is 1.16. The molecule has 0 saturated heterocycles. The van der Waals surface area contributed by atoms with Gasteiger partial charge in [0.1, 0.15) is 0 Å². The van der Waals surface area contributed by atoms with Crippen molar-refractivity contribution in [2.24, 2.45) is 0 Å². The molecule has 92 valence electrons. The van der Waals surface area contributed by atoms with Crippen molar-refractivity contribution in [2.75, 3.05) is 19.8 Å². The molecular weight excluding hydrogens is 220 g/mol. The zero-order valence-corrected chi connectivity index (χ0v) is 11.5. The van der Waals surface area contributed by atoms with Crippen molar-refractivity contribution in [3.8, 4) is 0 Å². The van der Waals surface area contributed by atoms with Crippen LogP contribution in [0, 0.1) is 13.8 Å². The highest BCUT2D eigenvalue weighted by atomic mass is 32.1. The van der Waals surface area contributed by atoms with E-state index in [1.54, 1.807) is 11.3 Å². The fourth-order valence-corrected chi connectivity index (χ4v) is 2.63. The van der Waals surface area contributed by atoms with Gasteiger partial charge in [-0.1, -0.05) is 0 Å². The standard InChI is InChI=1S/C12H22N2OS/c1-5-15-8-6-7-13-9(2)12-10(3)14-11(4)16-12/h9,13H,5-8H2,1-4H3. The van der Waals surface area contributed by atoms with E-state index < -0.39 is 0 Å². The van der Waals surface area contributed by atoms with Crippen molar-refractivity contribution in [3.63, 3.8) is 0 Å². The Hall–Kier alpha value is -0.450. The Balaban J connectivity index is 2.29. The topological polar surface area (TPSA) is 34.1 Å². The summed E-state index contributed by atoms with van der Waals surface area (Å²) >= 11 is 1.79. The molecule has 0 aromatic carbocycles. The minimum atomic E-state index is 0.396. The maximum atomic E-state index is 5.30. The molecule has 1 aromatic heterocycles. The zero-order valence-electron chi connectivity index (χ0n) is 10.7. The van der Waals surface area contributed by atoms with Gasteiger partial charge in [0, 0.05) is 24.1 Å². The molecule has 0 spiro atoms. The van der Waals surface area contributed by atoms with E-state index in [9.17, 15) is 0 Å². The number of nitrogens with one attached hydrogen (secondary N) is 1. The van der Waals surface area contributed by atoms with Crippen LogP contribution in [-0.2, 0) is 4.74 Å². The number of aromatic nitrogens is 1. The van der Waals surface area contributed by atoms with Crippen LogP contribution in [0.1, 0.15) is 41.9 Å². The molecule has 1 N–H and O–H groups in total. The first-order chi connectivity index (χ1) is 7.65. The first kappa shape index (κ1) is 13.6. The summed E-state index contributed by atoms with van der Waals surface area (Å²) in [6.07, 6.45) is 1.06. The SMILES string of the molecule is CCOCCCNC(C)c1sc(C)nc1C.